The summed E-state index contributed by atoms with van der Waals surface area (Å²) in [6.45, 7) is 3.83. The predicted octanol–water partition coefficient (Wildman–Crippen LogP) is 5.34. The van der Waals surface area contributed by atoms with Crippen molar-refractivity contribution in [2.45, 2.75) is 49.7 Å². The van der Waals surface area contributed by atoms with E-state index in [2.05, 4.69) is 30.8 Å². The molecule has 2 aromatic carbocycles. The number of hydrogen-bond donors (Lipinski definition) is 0. The van der Waals surface area contributed by atoms with Gasteiger partial charge in [0.2, 0.25) is 0 Å². The molecule has 2 bridgehead atoms. The minimum atomic E-state index is -0.550. The normalized spacial score (nSPS) is 21.2. The summed E-state index contributed by atoms with van der Waals surface area (Å²) in [5.41, 5.74) is 4.59. The molecule has 10 heteroatoms. The molecule has 3 atom stereocenters. The molecule has 2 fully saturated rings. The zero-order valence-corrected chi connectivity index (χ0v) is 23.6. The van der Waals surface area contributed by atoms with Gasteiger partial charge in [-0.25, -0.2) is 9.59 Å². The number of likely N-dealkylation sites (N-methyl/N-ethyl adjacent to an activating group) is 1. The van der Waals surface area contributed by atoms with Gasteiger partial charge in [-0.2, -0.15) is 0 Å². The first-order valence-electron chi connectivity index (χ1n) is 13.2. The molecule has 2 heterocycles. The molecule has 3 aliphatic rings. The lowest BCUT2D eigenvalue weighted by Crippen LogP contribution is -2.52. The number of hydrogen-bond acceptors (Lipinski definition) is 6. The number of carbonyl (C=O) groups is 3. The quantitative estimate of drug-likeness (QED) is 0.318. The second-order valence-corrected chi connectivity index (χ2v) is 11.3. The number of fused-ring (bicyclic) bond motifs is 5. The van der Waals surface area contributed by atoms with Crippen molar-refractivity contribution < 1.29 is 23.9 Å². The molecule has 3 amide bonds. The first-order valence-corrected chi connectivity index (χ1v) is 15.1. The van der Waals surface area contributed by atoms with E-state index in [0.29, 0.717) is 20.3 Å². The fourth-order valence-electron chi connectivity index (χ4n) is 6.21. The molecular formula is C29H32N3O5PS. The maximum atomic E-state index is 13.3. The van der Waals surface area contributed by atoms with E-state index in [9.17, 15) is 14.4 Å². The Balaban J connectivity index is 1.17. The SMILES string of the molecule is C=CCOC(=O)N1[C@@H]2CC[C@H]1CC(N(P=S)C(=O)CN(C)C(=O)OCC1c3ccccc3-c3ccccc31)C2. The van der Waals surface area contributed by atoms with E-state index in [-0.39, 0.29) is 55.8 Å². The van der Waals surface area contributed by atoms with E-state index >= 15 is 0 Å². The summed E-state index contributed by atoms with van der Waals surface area (Å²) in [7, 11) is 1.97. The number of ether oxygens (including phenoxy) is 2. The highest BCUT2D eigenvalue weighted by molar-refractivity contribution is 7.95. The van der Waals surface area contributed by atoms with Crippen LogP contribution in [0.3, 0.4) is 0 Å². The van der Waals surface area contributed by atoms with Crippen LogP contribution in [0.25, 0.3) is 11.1 Å². The van der Waals surface area contributed by atoms with Crippen molar-refractivity contribution in [3.05, 3.63) is 72.3 Å². The van der Waals surface area contributed by atoms with Crippen LogP contribution in [0.5, 0.6) is 0 Å². The van der Waals surface area contributed by atoms with Crippen LogP contribution in [-0.2, 0) is 26.1 Å². The third kappa shape index (κ3) is 5.43. The van der Waals surface area contributed by atoms with E-state index in [0.717, 1.165) is 35.1 Å². The van der Waals surface area contributed by atoms with Crippen LogP contribution in [0.1, 0.15) is 42.7 Å². The third-order valence-electron chi connectivity index (χ3n) is 7.95. The largest absolute Gasteiger partial charge is 0.448 e. The number of nitrogens with zero attached hydrogens (tertiary/aromatic N) is 3. The van der Waals surface area contributed by atoms with E-state index in [1.165, 1.54) is 4.90 Å². The van der Waals surface area contributed by atoms with Gasteiger partial charge in [0.1, 0.15) is 19.8 Å². The van der Waals surface area contributed by atoms with Gasteiger partial charge in [-0.05, 0) is 59.7 Å². The van der Waals surface area contributed by atoms with Crippen molar-refractivity contribution in [3.8, 4) is 11.1 Å². The maximum absolute atomic E-state index is 13.3. The van der Waals surface area contributed by atoms with Crippen LogP contribution in [0.2, 0.25) is 0 Å². The van der Waals surface area contributed by atoms with Crippen LogP contribution in [0.15, 0.2) is 61.2 Å². The zero-order valence-electron chi connectivity index (χ0n) is 21.9. The Labute approximate surface area is 235 Å². The topological polar surface area (TPSA) is 79.4 Å². The summed E-state index contributed by atoms with van der Waals surface area (Å²) in [5, 5.41) is 0. The molecule has 2 aromatic rings. The lowest BCUT2D eigenvalue weighted by Gasteiger charge is -2.41. The first-order chi connectivity index (χ1) is 18.9. The number of rotatable bonds is 8. The maximum Gasteiger partial charge on any atom is 0.410 e. The van der Waals surface area contributed by atoms with Gasteiger partial charge < -0.3 is 19.3 Å². The van der Waals surface area contributed by atoms with Crippen molar-refractivity contribution in [2.24, 2.45) is 0 Å². The number of piperidine rings is 1. The fraction of sp³-hybridized carbons (Fsp3) is 0.414. The summed E-state index contributed by atoms with van der Waals surface area (Å²) in [5.74, 6) is -0.276. The summed E-state index contributed by atoms with van der Waals surface area (Å²) in [6, 6.07) is 16.3. The molecule has 1 unspecified atom stereocenters. The predicted molar refractivity (Wildman–Crippen MR) is 152 cm³/mol. The van der Waals surface area contributed by atoms with Crippen molar-refractivity contribution in [3.63, 3.8) is 0 Å². The van der Waals surface area contributed by atoms with Gasteiger partial charge in [-0.15, -0.1) is 0 Å². The van der Waals surface area contributed by atoms with E-state index in [1.807, 2.05) is 29.2 Å². The van der Waals surface area contributed by atoms with Gasteiger partial charge in [0.15, 0.2) is 0 Å². The highest BCUT2D eigenvalue weighted by Gasteiger charge is 2.46. The Hall–Kier alpha value is -3.29. The average molecular weight is 566 g/mol. The Kier molecular flexibility index (Phi) is 8.29. The van der Waals surface area contributed by atoms with Crippen molar-refractivity contribution >= 4 is 37.4 Å². The Bertz CT molecular complexity index is 1230. The van der Waals surface area contributed by atoms with Gasteiger partial charge in [-0.3, -0.25) is 9.46 Å². The van der Waals surface area contributed by atoms with Crippen LogP contribution in [0, 0.1) is 0 Å². The highest BCUT2D eigenvalue weighted by Crippen LogP contribution is 2.44. The molecule has 0 spiro atoms. The summed E-state index contributed by atoms with van der Waals surface area (Å²) >= 11 is 5.31. The molecule has 8 nitrogen and oxygen atoms in total. The standard InChI is InChI=1S/C29H32N3O5PS/c1-3-14-36-29(35)31-19-12-13-20(31)16-21(15-19)32(38-39)27(33)17-30(2)28(34)37-18-26-24-10-6-4-8-22(24)23-9-5-7-11-25(23)26/h3-11,19-21,26H,1,12-18H2,2H3/t19-,20+,21?. The minimum Gasteiger partial charge on any atom is -0.448 e. The van der Waals surface area contributed by atoms with E-state index < -0.39 is 6.09 Å². The van der Waals surface area contributed by atoms with Crippen LogP contribution in [-0.4, -0.2) is 77.5 Å². The van der Waals surface area contributed by atoms with E-state index in [4.69, 9.17) is 21.3 Å². The molecule has 0 aromatic heterocycles. The van der Waals surface area contributed by atoms with Gasteiger partial charge >= 0.3 is 12.2 Å². The molecule has 204 valence electrons. The number of carbonyl (C=O) groups excluding carboxylic acids is 3. The van der Waals surface area contributed by atoms with Crippen molar-refractivity contribution in [1.29, 1.82) is 0 Å². The molecule has 2 saturated heterocycles. The van der Waals surface area contributed by atoms with Gasteiger partial charge in [0.05, 0.1) is 7.51 Å². The minimum absolute atomic E-state index is 0.0120. The second kappa shape index (κ2) is 11.8. The molecule has 0 N–H and O–H groups in total. The molecule has 0 radical (unpaired) electrons. The first kappa shape index (κ1) is 27.3. The summed E-state index contributed by atoms with van der Waals surface area (Å²) in [6.07, 6.45) is 3.71. The lowest BCUT2D eigenvalue weighted by atomic mass is 9.97. The Morgan fingerprint density at radius 2 is 1.62 bits per heavy atom. The van der Waals surface area contributed by atoms with Crippen molar-refractivity contribution in [2.75, 3.05) is 26.8 Å². The summed E-state index contributed by atoms with van der Waals surface area (Å²) < 4.78 is 12.6. The van der Waals surface area contributed by atoms with Crippen LogP contribution in [0.4, 0.5) is 9.59 Å². The van der Waals surface area contributed by atoms with Gasteiger partial charge in [-0.1, -0.05) is 61.2 Å². The Morgan fingerprint density at radius 1 is 1.03 bits per heavy atom. The monoisotopic (exact) mass is 565 g/mol. The lowest BCUT2D eigenvalue weighted by molar-refractivity contribution is -0.129. The summed E-state index contributed by atoms with van der Waals surface area (Å²) in [4.78, 5) is 41.8. The van der Waals surface area contributed by atoms with Gasteiger partial charge in [0.25, 0.3) is 5.91 Å². The van der Waals surface area contributed by atoms with Crippen LogP contribution >= 0.6 is 7.51 Å². The number of amides is 3. The molecule has 2 aliphatic heterocycles. The molecule has 1 aliphatic carbocycles. The third-order valence-corrected chi connectivity index (χ3v) is 9.21. The Morgan fingerprint density at radius 3 is 2.18 bits per heavy atom. The zero-order chi connectivity index (χ0) is 27.5. The van der Waals surface area contributed by atoms with Gasteiger partial charge in [0, 0.05) is 31.1 Å². The molecular weight excluding hydrogens is 533 g/mol. The second-order valence-electron chi connectivity index (χ2n) is 10.3. The number of benzene rings is 2. The van der Waals surface area contributed by atoms with Crippen LogP contribution < -0.4 is 0 Å². The molecule has 0 saturated carbocycles. The molecule has 5 rings (SSSR count). The van der Waals surface area contributed by atoms with E-state index in [1.54, 1.807) is 17.8 Å². The fourth-order valence-corrected chi connectivity index (χ4v) is 7.36. The van der Waals surface area contributed by atoms with Crippen molar-refractivity contribution in [1.82, 2.24) is 14.5 Å². The molecule has 39 heavy (non-hydrogen) atoms. The smallest absolute Gasteiger partial charge is 0.410 e. The highest BCUT2D eigenvalue weighted by atomic mass is 32.4. The average Bonchev–Trinajstić information content (AvgIpc) is 3.41.